The van der Waals surface area contributed by atoms with Gasteiger partial charge in [0, 0.05) is 5.41 Å². The molecule has 1 unspecified atom stereocenters. The third kappa shape index (κ3) is 4.12. The summed E-state index contributed by atoms with van der Waals surface area (Å²) in [5.41, 5.74) is 3.74. The van der Waals surface area contributed by atoms with E-state index in [2.05, 4.69) is 33.5 Å². The average molecular weight is 367 g/mol. The van der Waals surface area contributed by atoms with Gasteiger partial charge in [-0.2, -0.15) is 0 Å². The van der Waals surface area contributed by atoms with E-state index in [4.69, 9.17) is 0 Å². The van der Waals surface area contributed by atoms with Crippen molar-refractivity contribution in [3.05, 3.63) is 62.3 Å². The van der Waals surface area contributed by atoms with Crippen molar-refractivity contribution in [3.63, 3.8) is 0 Å². The maximum Gasteiger partial charge on any atom is 0.264 e. The summed E-state index contributed by atoms with van der Waals surface area (Å²) in [6, 6.07) is 6.26. The van der Waals surface area contributed by atoms with Gasteiger partial charge in [0.15, 0.2) is 0 Å². The van der Waals surface area contributed by atoms with Crippen molar-refractivity contribution in [2.75, 3.05) is 0 Å². The van der Waals surface area contributed by atoms with Gasteiger partial charge in [0.2, 0.25) is 0 Å². The van der Waals surface area contributed by atoms with Gasteiger partial charge in [-0.1, -0.05) is 39.0 Å². The summed E-state index contributed by atoms with van der Waals surface area (Å²) in [7, 11) is 0. The molecule has 1 aromatic heterocycles. The van der Waals surface area contributed by atoms with Gasteiger partial charge in [-0.15, -0.1) is 0 Å². The second-order valence-corrected chi connectivity index (χ2v) is 8.56. The Balaban J connectivity index is 1.82. The first-order valence-corrected chi connectivity index (χ1v) is 9.71. The van der Waals surface area contributed by atoms with Gasteiger partial charge in [-0.3, -0.25) is 9.59 Å². The van der Waals surface area contributed by atoms with Crippen molar-refractivity contribution in [3.8, 4) is 0 Å². The molecule has 144 valence electrons. The molecule has 0 aliphatic heterocycles. The summed E-state index contributed by atoms with van der Waals surface area (Å²) < 4.78 is 0. The van der Waals surface area contributed by atoms with Crippen molar-refractivity contribution >= 4 is 5.91 Å². The van der Waals surface area contributed by atoms with E-state index in [-0.39, 0.29) is 28.5 Å². The number of aryl methyl sites for hydroxylation is 3. The van der Waals surface area contributed by atoms with Gasteiger partial charge in [-0.25, -0.2) is 4.98 Å². The minimum Gasteiger partial charge on any atom is -0.345 e. The molecule has 1 heterocycles. The molecule has 5 nitrogen and oxygen atoms in total. The number of amides is 1. The van der Waals surface area contributed by atoms with Crippen LogP contribution in [0.2, 0.25) is 0 Å². The van der Waals surface area contributed by atoms with Gasteiger partial charge in [0.1, 0.15) is 11.4 Å². The highest BCUT2D eigenvalue weighted by Gasteiger charge is 2.23. The predicted molar refractivity (Wildman–Crippen MR) is 107 cm³/mol. The number of hydrogen-bond acceptors (Lipinski definition) is 3. The van der Waals surface area contributed by atoms with E-state index in [9.17, 15) is 9.59 Å². The molecule has 0 bridgehead atoms. The Kier molecular flexibility index (Phi) is 5.22. The maximum atomic E-state index is 12.7. The normalized spacial score (nSPS) is 15.1. The molecule has 5 heteroatoms. The fourth-order valence-corrected chi connectivity index (χ4v) is 3.58. The Morgan fingerprint density at radius 1 is 1.19 bits per heavy atom. The van der Waals surface area contributed by atoms with Crippen molar-refractivity contribution in [2.24, 2.45) is 0 Å². The number of nitrogens with one attached hydrogen (secondary N) is 2. The molecule has 0 radical (unpaired) electrons. The van der Waals surface area contributed by atoms with Crippen LogP contribution >= 0.6 is 0 Å². The minimum absolute atomic E-state index is 0.0906. The number of benzene rings is 1. The first-order chi connectivity index (χ1) is 12.7. The maximum absolute atomic E-state index is 12.7. The van der Waals surface area contributed by atoms with E-state index in [0.717, 1.165) is 18.4 Å². The topological polar surface area (TPSA) is 74.8 Å². The van der Waals surface area contributed by atoms with Crippen molar-refractivity contribution in [1.82, 2.24) is 15.3 Å². The summed E-state index contributed by atoms with van der Waals surface area (Å²) >= 11 is 0. The highest BCUT2D eigenvalue weighted by Crippen LogP contribution is 2.25. The Morgan fingerprint density at radius 3 is 2.48 bits per heavy atom. The number of fused-ring (bicyclic) bond motifs is 1. The fourth-order valence-electron chi connectivity index (χ4n) is 3.58. The highest BCUT2D eigenvalue weighted by molar-refractivity contribution is 5.95. The van der Waals surface area contributed by atoms with E-state index >= 15 is 0 Å². The van der Waals surface area contributed by atoms with Crippen LogP contribution in [0.5, 0.6) is 0 Å². The summed E-state index contributed by atoms with van der Waals surface area (Å²) in [4.78, 5) is 32.5. The van der Waals surface area contributed by atoms with Crippen molar-refractivity contribution in [2.45, 2.75) is 71.8 Å². The zero-order chi connectivity index (χ0) is 19.8. The zero-order valence-electron chi connectivity index (χ0n) is 16.9. The van der Waals surface area contributed by atoms with Gasteiger partial charge in [0.25, 0.3) is 11.5 Å². The molecule has 1 aliphatic rings. The van der Waals surface area contributed by atoms with Gasteiger partial charge in [-0.05, 0) is 56.2 Å². The van der Waals surface area contributed by atoms with Gasteiger partial charge in [0.05, 0.1) is 11.7 Å². The highest BCUT2D eigenvalue weighted by atomic mass is 16.2. The molecule has 0 spiro atoms. The van der Waals surface area contributed by atoms with Crippen LogP contribution in [0.15, 0.2) is 23.0 Å². The van der Waals surface area contributed by atoms with Crippen LogP contribution in [0.4, 0.5) is 0 Å². The largest absolute Gasteiger partial charge is 0.345 e. The average Bonchev–Trinajstić information content (AvgIpc) is 2.59. The number of carbonyl (C=O) groups is 1. The van der Waals surface area contributed by atoms with Crippen LogP contribution in [-0.2, 0) is 18.3 Å². The van der Waals surface area contributed by atoms with E-state index < -0.39 is 0 Å². The molecule has 1 atom stereocenters. The molecule has 2 N–H and O–H groups in total. The summed E-state index contributed by atoms with van der Waals surface area (Å²) in [5, 5.41) is 2.96. The SMILES string of the molecule is Cc1nc(C(C)(C)C)[nH]c(=O)c1C(=O)NC(C)c1ccc2c(c1)CCCC2. The first kappa shape index (κ1) is 19.3. The standard InChI is InChI=1S/C22H29N3O2/c1-13(16-11-10-15-8-6-7-9-17(15)12-16)23-19(26)18-14(2)24-21(22(3,4)5)25-20(18)27/h10-13H,6-9H2,1-5H3,(H,23,26)(H,24,25,27). The van der Waals surface area contributed by atoms with Crippen LogP contribution < -0.4 is 10.9 Å². The second-order valence-electron chi connectivity index (χ2n) is 8.56. The molecule has 0 fully saturated rings. The number of hydrogen-bond donors (Lipinski definition) is 2. The van der Waals surface area contributed by atoms with Crippen LogP contribution in [0.25, 0.3) is 0 Å². The lowest BCUT2D eigenvalue weighted by molar-refractivity contribution is 0.0937. The van der Waals surface area contributed by atoms with Crippen LogP contribution in [0.3, 0.4) is 0 Å². The van der Waals surface area contributed by atoms with Crippen LogP contribution in [0.1, 0.15) is 85.1 Å². The number of H-pyrrole nitrogens is 1. The zero-order valence-corrected chi connectivity index (χ0v) is 16.9. The monoisotopic (exact) mass is 367 g/mol. The Morgan fingerprint density at radius 2 is 1.85 bits per heavy atom. The molecule has 1 aliphatic carbocycles. The molecule has 2 aromatic rings. The predicted octanol–water partition coefficient (Wildman–Crippen LogP) is 3.75. The first-order valence-electron chi connectivity index (χ1n) is 9.71. The molecular formula is C22H29N3O2. The van der Waals surface area contributed by atoms with E-state index in [1.165, 1.54) is 24.0 Å². The van der Waals surface area contributed by atoms with E-state index in [1.807, 2.05) is 27.7 Å². The van der Waals surface area contributed by atoms with E-state index in [0.29, 0.717) is 11.5 Å². The van der Waals surface area contributed by atoms with Gasteiger partial charge >= 0.3 is 0 Å². The molecule has 0 saturated carbocycles. The van der Waals surface area contributed by atoms with Crippen molar-refractivity contribution in [1.29, 1.82) is 0 Å². The Bertz CT molecular complexity index is 922. The third-order valence-electron chi connectivity index (χ3n) is 5.26. The summed E-state index contributed by atoms with van der Waals surface area (Å²) in [5.74, 6) is 0.205. The molecule has 27 heavy (non-hydrogen) atoms. The number of rotatable bonds is 3. The lowest BCUT2D eigenvalue weighted by atomic mass is 9.89. The minimum atomic E-state index is -0.387. The molecular weight excluding hydrogens is 338 g/mol. The molecule has 0 saturated heterocycles. The summed E-state index contributed by atoms with van der Waals surface area (Å²) in [6.07, 6.45) is 4.70. The van der Waals surface area contributed by atoms with Crippen LogP contribution in [-0.4, -0.2) is 15.9 Å². The van der Waals surface area contributed by atoms with Gasteiger partial charge < -0.3 is 10.3 Å². The number of nitrogens with zero attached hydrogens (tertiary/aromatic N) is 1. The number of carbonyl (C=O) groups excluding carboxylic acids is 1. The fraction of sp³-hybridized carbons (Fsp3) is 0.500. The van der Waals surface area contributed by atoms with Crippen LogP contribution in [0, 0.1) is 6.92 Å². The quantitative estimate of drug-likeness (QED) is 0.868. The molecule has 1 amide bonds. The Hall–Kier alpha value is -2.43. The number of aromatic nitrogens is 2. The van der Waals surface area contributed by atoms with Crippen molar-refractivity contribution < 1.29 is 4.79 Å². The Labute approximate surface area is 160 Å². The molecule has 3 rings (SSSR count). The van der Waals surface area contributed by atoms with E-state index in [1.54, 1.807) is 6.92 Å². The summed E-state index contributed by atoms with van der Waals surface area (Å²) in [6.45, 7) is 9.58. The second kappa shape index (κ2) is 7.29. The lowest BCUT2D eigenvalue weighted by Gasteiger charge is -2.21. The smallest absolute Gasteiger partial charge is 0.264 e. The molecule has 1 aromatic carbocycles. The number of aromatic amines is 1. The lowest BCUT2D eigenvalue weighted by Crippen LogP contribution is -2.35. The third-order valence-corrected chi connectivity index (χ3v) is 5.26.